The number of anilines is 1. The molecule has 0 aliphatic carbocycles. The Balaban J connectivity index is 2.27. The second kappa shape index (κ2) is 5.80. The number of aromatic hydroxyl groups is 1. The van der Waals surface area contributed by atoms with Crippen molar-refractivity contribution in [1.82, 2.24) is 0 Å². The molecule has 6 nitrogen and oxygen atoms in total. The van der Waals surface area contributed by atoms with Crippen LogP contribution in [0, 0.1) is 17.0 Å². The summed E-state index contributed by atoms with van der Waals surface area (Å²) >= 11 is 5.77. The van der Waals surface area contributed by atoms with E-state index in [1.807, 2.05) is 0 Å². The standard InChI is InChI=1S/C14H11ClN2O4/c1-8-4-11(2-3-13(8)18)16-14(19)9-5-10(15)7-12(6-9)17(20)21/h2-7,18H,1H3,(H,16,19). The van der Waals surface area contributed by atoms with E-state index in [1.165, 1.54) is 24.3 Å². The monoisotopic (exact) mass is 306 g/mol. The van der Waals surface area contributed by atoms with Gasteiger partial charge in [-0.2, -0.15) is 0 Å². The fourth-order valence-electron chi connectivity index (χ4n) is 1.75. The lowest BCUT2D eigenvalue weighted by atomic mass is 10.1. The number of halogens is 1. The van der Waals surface area contributed by atoms with Gasteiger partial charge in [0, 0.05) is 28.4 Å². The number of rotatable bonds is 3. The molecule has 0 aromatic heterocycles. The second-order valence-corrected chi connectivity index (χ2v) is 4.85. The van der Waals surface area contributed by atoms with E-state index in [0.717, 1.165) is 6.07 Å². The van der Waals surface area contributed by atoms with Crippen molar-refractivity contribution in [1.29, 1.82) is 0 Å². The van der Waals surface area contributed by atoms with Crippen LogP contribution in [0.25, 0.3) is 0 Å². The van der Waals surface area contributed by atoms with E-state index in [9.17, 15) is 20.0 Å². The van der Waals surface area contributed by atoms with Crippen molar-refractivity contribution in [3.8, 4) is 5.75 Å². The Labute approximate surface area is 125 Å². The number of carbonyl (C=O) groups excluding carboxylic acids is 1. The summed E-state index contributed by atoms with van der Waals surface area (Å²) in [5, 5.41) is 22.9. The highest BCUT2D eigenvalue weighted by atomic mass is 35.5. The number of nitro benzene ring substituents is 1. The van der Waals surface area contributed by atoms with E-state index >= 15 is 0 Å². The molecule has 2 aromatic carbocycles. The predicted octanol–water partition coefficient (Wildman–Crippen LogP) is 3.51. The lowest BCUT2D eigenvalue weighted by Gasteiger charge is -2.07. The van der Waals surface area contributed by atoms with E-state index in [2.05, 4.69) is 5.32 Å². The molecule has 2 aromatic rings. The van der Waals surface area contributed by atoms with E-state index in [-0.39, 0.29) is 22.0 Å². The third-order valence-electron chi connectivity index (χ3n) is 2.81. The second-order valence-electron chi connectivity index (χ2n) is 4.41. The first-order valence-corrected chi connectivity index (χ1v) is 6.30. The van der Waals surface area contributed by atoms with Crippen molar-refractivity contribution in [2.75, 3.05) is 5.32 Å². The van der Waals surface area contributed by atoms with Crippen LogP contribution in [0.1, 0.15) is 15.9 Å². The van der Waals surface area contributed by atoms with Gasteiger partial charge in [-0.05, 0) is 36.8 Å². The molecule has 0 atom stereocenters. The number of nitrogens with one attached hydrogen (secondary N) is 1. The van der Waals surface area contributed by atoms with Gasteiger partial charge in [0.05, 0.1) is 4.92 Å². The van der Waals surface area contributed by atoms with Crippen molar-refractivity contribution >= 4 is 28.9 Å². The Kier molecular flexibility index (Phi) is 4.09. The lowest BCUT2D eigenvalue weighted by Crippen LogP contribution is -2.12. The normalized spacial score (nSPS) is 10.2. The average molecular weight is 307 g/mol. The molecule has 0 heterocycles. The van der Waals surface area contributed by atoms with Crippen LogP contribution in [0.2, 0.25) is 5.02 Å². The van der Waals surface area contributed by atoms with Gasteiger partial charge in [0.1, 0.15) is 5.75 Å². The molecular weight excluding hydrogens is 296 g/mol. The number of nitrogens with zero attached hydrogens (tertiary/aromatic N) is 1. The zero-order valence-electron chi connectivity index (χ0n) is 11.0. The highest BCUT2D eigenvalue weighted by molar-refractivity contribution is 6.31. The van der Waals surface area contributed by atoms with Crippen LogP contribution in [0.3, 0.4) is 0 Å². The third kappa shape index (κ3) is 3.49. The van der Waals surface area contributed by atoms with E-state index in [0.29, 0.717) is 11.3 Å². The Morgan fingerprint density at radius 1 is 1.29 bits per heavy atom. The number of phenols is 1. The SMILES string of the molecule is Cc1cc(NC(=O)c2cc(Cl)cc([N+](=O)[O-])c2)ccc1O. The molecule has 108 valence electrons. The van der Waals surface area contributed by atoms with Crippen molar-refractivity contribution in [3.05, 3.63) is 62.7 Å². The number of carbonyl (C=O) groups is 1. The maximum absolute atomic E-state index is 12.1. The van der Waals surface area contributed by atoms with Crippen molar-refractivity contribution in [3.63, 3.8) is 0 Å². The summed E-state index contributed by atoms with van der Waals surface area (Å²) < 4.78 is 0. The molecule has 0 aliphatic heterocycles. The number of nitro groups is 1. The summed E-state index contributed by atoms with van der Waals surface area (Å²) in [6.45, 7) is 1.69. The predicted molar refractivity (Wildman–Crippen MR) is 78.9 cm³/mol. The van der Waals surface area contributed by atoms with Crippen LogP contribution in [0.5, 0.6) is 5.75 Å². The number of non-ortho nitro benzene ring substituents is 1. The van der Waals surface area contributed by atoms with Crippen LogP contribution < -0.4 is 5.32 Å². The first kappa shape index (κ1) is 14.8. The van der Waals surface area contributed by atoms with Crippen LogP contribution >= 0.6 is 11.6 Å². The molecule has 2 N–H and O–H groups in total. The fourth-order valence-corrected chi connectivity index (χ4v) is 1.98. The van der Waals surface area contributed by atoms with Crippen LogP contribution in [0.4, 0.5) is 11.4 Å². The highest BCUT2D eigenvalue weighted by Crippen LogP contribution is 2.23. The summed E-state index contributed by atoms with van der Waals surface area (Å²) in [7, 11) is 0. The minimum absolute atomic E-state index is 0.0833. The first-order valence-electron chi connectivity index (χ1n) is 5.93. The van der Waals surface area contributed by atoms with Gasteiger partial charge in [-0.1, -0.05) is 11.6 Å². The largest absolute Gasteiger partial charge is 0.508 e. The maximum atomic E-state index is 12.1. The fraction of sp³-hybridized carbons (Fsp3) is 0.0714. The minimum Gasteiger partial charge on any atom is -0.508 e. The topological polar surface area (TPSA) is 92.5 Å². The quantitative estimate of drug-likeness (QED) is 0.515. The van der Waals surface area contributed by atoms with Crippen molar-refractivity contribution < 1.29 is 14.8 Å². The molecular formula is C14H11ClN2O4. The van der Waals surface area contributed by atoms with Gasteiger partial charge in [-0.25, -0.2) is 0 Å². The molecule has 0 aliphatic rings. The minimum atomic E-state index is -0.618. The highest BCUT2D eigenvalue weighted by Gasteiger charge is 2.14. The van der Waals surface area contributed by atoms with Crippen molar-refractivity contribution in [2.24, 2.45) is 0 Å². The summed E-state index contributed by atoms with van der Waals surface area (Å²) in [5.41, 5.74) is 0.900. The van der Waals surface area contributed by atoms with Gasteiger partial charge in [-0.15, -0.1) is 0 Å². The van der Waals surface area contributed by atoms with Crippen molar-refractivity contribution in [2.45, 2.75) is 6.92 Å². The number of amides is 1. The zero-order chi connectivity index (χ0) is 15.6. The van der Waals surface area contributed by atoms with Gasteiger partial charge in [0.2, 0.25) is 0 Å². The smallest absolute Gasteiger partial charge is 0.271 e. The Morgan fingerprint density at radius 3 is 2.62 bits per heavy atom. The average Bonchev–Trinajstić information content (AvgIpc) is 2.42. The molecule has 0 spiro atoms. The summed E-state index contributed by atoms with van der Waals surface area (Å²) in [4.78, 5) is 22.2. The lowest BCUT2D eigenvalue weighted by molar-refractivity contribution is -0.384. The van der Waals surface area contributed by atoms with Crippen LogP contribution in [0.15, 0.2) is 36.4 Å². The van der Waals surface area contributed by atoms with E-state index in [4.69, 9.17) is 11.6 Å². The molecule has 0 saturated heterocycles. The Bertz CT molecular complexity index is 731. The number of benzene rings is 2. The summed E-state index contributed by atoms with van der Waals surface area (Å²) in [5.74, 6) is -0.405. The molecule has 0 bridgehead atoms. The van der Waals surface area contributed by atoms with Crippen LogP contribution in [-0.2, 0) is 0 Å². The summed E-state index contributed by atoms with van der Waals surface area (Å²) in [6.07, 6.45) is 0. The van der Waals surface area contributed by atoms with Gasteiger partial charge in [0.25, 0.3) is 11.6 Å². The van der Waals surface area contributed by atoms with Crippen LogP contribution in [-0.4, -0.2) is 15.9 Å². The number of hydrogen-bond acceptors (Lipinski definition) is 4. The zero-order valence-corrected chi connectivity index (χ0v) is 11.7. The summed E-state index contributed by atoms with van der Waals surface area (Å²) in [6, 6.07) is 8.23. The number of phenolic OH excluding ortho intramolecular Hbond substituents is 1. The molecule has 2 rings (SSSR count). The van der Waals surface area contributed by atoms with Gasteiger partial charge >= 0.3 is 0 Å². The molecule has 1 amide bonds. The third-order valence-corrected chi connectivity index (χ3v) is 3.03. The molecule has 7 heteroatoms. The molecule has 0 radical (unpaired) electrons. The molecule has 0 saturated carbocycles. The maximum Gasteiger partial charge on any atom is 0.271 e. The van der Waals surface area contributed by atoms with Gasteiger partial charge < -0.3 is 10.4 Å². The van der Waals surface area contributed by atoms with Gasteiger partial charge in [-0.3, -0.25) is 14.9 Å². The van der Waals surface area contributed by atoms with Gasteiger partial charge in [0.15, 0.2) is 0 Å². The van der Waals surface area contributed by atoms with E-state index < -0.39 is 10.8 Å². The number of hydrogen-bond donors (Lipinski definition) is 2. The molecule has 0 unspecified atom stereocenters. The molecule has 21 heavy (non-hydrogen) atoms. The number of aryl methyl sites for hydroxylation is 1. The Hall–Kier alpha value is -2.60. The Morgan fingerprint density at radius 2 is 2.00 bits per heavy atom. The first-order chi connectivity index (χ1) is 9.86. The molecule has 0 fully saturated rings. The van der Waals surface area contributed by atoms with E-state index in [1.54, 1.807) is 13.0 Å².